The van der Waals surface area contributed by atoms with Gasteiger partial charge in [0.2, 0.25) is 11.8 Å². The molecule has 20 heavy (non-hydrogen) atoms. The predicted molar refractivity (Wildman–Crippen MR) is 75.1 cm³/mol. The summed E-state index contributed by atoms with van der Waals surface area (Å²) in [6.07, 6.45) is 0.182. The summed E-state index contributed by atoms with van der Waals surface area (Å²) < 4.78 is 0. The normalized spacial score (nSPS) is 15.4. The van der Waals surface area contributed by atoms with Gasteiger partial charge in [-0.1, -0.05) is 17.7 Å². The largest absolute Gasteiger partial charge is 0.353 e. The van der Waals surface area contributed by atoms with Gasteiger partial charge in [-0.05, 0) is 25.5 Å². The number of aryl methyl sites for hydroxylation is 2. The number of hydrogen-bond donors (Lipinski definition) is 0. The van der Waals surface area contributed by atoms with Gasteiger partial charge in [0.25, 0.3) is 0 Å². The van der Waals surface area contributed by atoms with Gasteiger partial charge in [-0.3, -0.25) is 14.5 Å². The Morgan fingerprint density at radius 1 is 1.20 bits per heavy atom. The van der Waals surface area contributed by atoms with Crippen LogP contribution in [0, 0.1) is 25.2 Å². The van der Waals surface area contributed by atoms with Crippen LogP contribution in [0.4, 0.5) is 5.69 Å². The average molecular weight is 271 g/mol. The molecule has 0 aromatic heterocycles. The first-order chi connectivity index (χ1) is 9.52. The number of piperazine rings is 1. The van der Waals surface area contributed by atoms with Gasteiger partial charge >= 0.3 is 0 Å². The molecule has 0 spiro atoms. The van der Waals surface area contributed by atoms with Crippen molar-refractivity contribution in [3.05, 3.63) is 29.3 Å². The Morgan fingerprint density at radius 2 is 1.85 bits per heavy atom. The zero-order chi connectivity index (χ0) is 14.7. The van der Waals surface area contributed by atoms with Crippen LogP contribution in [0.15, 0.2) is 18.2 Å². The van der Waals surface area contributed by atoms with E-state index in [-0.39, 0.29) is 37.9 Å². The Balaban J connectivity index is 2.16. The molecule has 5 heteroatoms. The first-order valence-corrected chi connectivity index (χ1v) is 6.55. The maximum absolute atomic E-state index is 12.0. The molecular weight excluding hydrogens is 254 g/mol. The van der Waals surface area contributed by atoms with Gasteiger partial charge in [0.15, 0.2) is 0 Å². The molecule has 2 amide bonds. The molecule has 104 valence electrons. The summed E-state index contributed by atoms with van der Waals surface area (Å²) >= 11 is 0. The molecule has 0 atom stereocenters. The Hall–Kier alpha value is -2.35. The smallest absolute Gasteiger partial charge is 0.248 e. The van der Waals surface area contributed by atoms with Crippen molar-refractivity contribution in [1.29, 1.82) is 5.26 Å². The van der Waals surface area contributed by atoms with Gasteiger partial charge in [0.1, 0.15) is 0 Å². The van der Waals surface area contributed by atoms with E-state index in [1.165, 1.54) is 4.90 Å². The van der Waals surface area contributed by atoms with Crippen molar-refractivity contribution in [2.24, 2.45) is 0 Å². The Morgan fingerprint density at radius 3 is 2.40 bits per heavy atom. The number of carbonyl (C=O) groups excluding carboxylic acids is 2. The molecule has 0 N–H and O–H groups in total. The van der Waals surface area contributed by atoms with Crippen LogP contribution < -0.4 is 4.90 Å². The van der Waals surface area contributed by atoms with Crippen LogP contribution in [-0.4, -0.2) is 36.3 Å². The van der Waals surface area contributed by atoms with Gasteiger partial charge < -0.3 is 4.90 Å². The minimum atomic E-state index is -0.239. The lowest BCUT2D eigenvalue weighted by Crippen LogP contribution is -2.54. The summed E-state index contributed by atoms with van der Waals surface area (Å²) in [6.45, 7) is 4.53. The minimum absolute atomic E-state index is 0.182. The van der Waals surface area contributed by atoms with E-state index in [0.717, 1.165) is 16.8 Å². The van der Waals surface area contributed by atoms with Gasteiger partial charge in [0, 0.05) is 12.2 Å². The van der Waals surface area contributed by atoms with Crippen molar-refractivity contribution in [2.45, 2.75) is 20.3 Å². The van der Waals surface area contributed by atoms with Crippen LogP contribution in [0.1, 0.15) is 17.5 Å². The lowest BCUT2D eigenvalue weighted by atomic mass is 10.1. The second-order valence-corrected chi connectivity index (χ2v) is 4.99. The highest BCUT2D eigenvalue weighted by Gasteiger charge is 2.31. The molecule has 1 heterocycles. The number of carbonyl (C=O) groups is 2. The fraction of sp³-hybridized carbons (Fsp3) is 0.400. The van der Waals surface area contributed by atoms with Gasteiger partial charge in [-0.25, -0.2) is 0 Å². The Labute approximate surface area is 118 Å². The lowest BCUT2D eigenvalue weighted by molar-refractivity contribution is -0.145. The highest BCUT2D eigenvalue weighted by Crippen LogP contribution is 2.23. The number of nitriles is 1. The van der Waals surface area contributed by atoms with E-state index in [1.807, 2.05) is 38.1 Å². The number of nitrogens with zero attached hydrogens (tertiary/aromatic N) is 3. The Kier molecular flexibility index (Phi) is 4.04. The molecule has 0 saturated carbocycles. The number of rotatable bonds is 3. The molecule has 5 nitrogen and oxygen atoms in total. The van der Waals surface area contributed by atoms with E-state index in [9.17, 15) is 9.59 Å². The van der Waals surface area contributed by atoms with E-state index in [1.54, 1.807) is 4.90 Å². The number of imide groups is 1. The number of anilines is 1. The van der Waals surface area contributed by atoms with E-state index in [2.05, 4.69) is 0 Å². The summed E-state index contributed by atoms with van der Waals surface area (Å²) in [5.41, 5.74) is 3.12. The van der Waals surface area contributed by atoms with E-state index >= 15 is 0 Å². The fourth-order valence-electron chi connectivity index (χ4n) is 2.43. The standard InChI is InChI=1S/C15H17N3O2/c1-11-4-5-13(12(2)8-11)17-9-14(19)18(7-3-6-16)15(20)10-17/h4-5,8H,3,7,9-10H2,1-2H3. The van der Waals surface area contributed by atoms with Crippen molar-refractivity contribution in [3.8, 4) is 6.07 Å². The van der Waals surface area contributed by atoms with Crippen molar-refractivity contribution in [3.63, 3.8) is 0 Å². The van der Waals surface area contributed by atoms with Crippen LogP contribution in [0.5, 0.6) is 0 Å². The highest BCUT2D eigenvalue weighted by molar-refractivity contribution is 6.02. The van der Waals surface area contributed by atoms with Crippen LogP contribution in [0.2, 0.25) is 0 Å². The molecule has 1 saturated heterocycles. The summed E-state index contributed by atoms with van der Waals surface area (Å²) in [5.74, 6) is -0.479. The predicted octanol–water partition coefficient (Wildman–Crippen LogP) is 1.39. The van der Waals surface area contributed by atoms with Crippen LogP contribution in [0.25, 0.3) is 0 Å². The van der Waals surface area contributed by atoms with E-state index in [4.69, 9.17) is 5.26 Å². The first kappa shape index (κ1) is 14.1. The maximum Gasteiger partial charge on any atom is 0.248 e. The summed E-state index contributed by atoms with van der Waals surface area (Å²) in [4.78, 5) is 27.0. The molecule has 1 aromatic rings. The van der Waals surface area contributed by atoms with E-state index in [0.29, 0.717) is 0 Å². The Bertz CT molecular complexity index is 571. The first-order valence-electron chi connectivity index (χ1n) is 6.55. The van der Waals surface area contributed by atoms with Crippen molar-refractivity contribution in [2.75, 3.05) is 24.5 Å². The summed E-state index contributed by atoms with van der Waals surface area (Å²) in [7, 11) is 0. The minimum Gasteiger partial charge on any atom is -0.353 e. The number of hydrogen-bond acceptors (Lipinski definition) is 4. The second-order valence-electron chi connectivity index (χ2n) is 4.99. The molecular formula is C15H17N3O2. The zero-order valence-electron chi connectivity index (χ0n) is 11.7. The third-order valence-corrected chi connectivity index (χ3v) is 3.39. The molecule has 0 unspecified atom stereocenters. The van der Waals surface area contributed by atoms with Crippen LogP contribution in [0.3, 0.4) is 0 Å². The molecule has 0 bridgehead atoms. The van der Waals surface area contributed by atoms with Gasteiger partial charge in [-0.15, -0.1) is 0 Å². The average Bonchev–Trinajstić information content (AvgIpc) is 2.37. The molecule has 1 aliphatic rings. The molecule has 2 rings (SSSR count). The third-order valence-electron chi connectivity index (χ3n) is 3.39. The van der Waals surface area contributed by atoms with Gasteiger partial charge in [0.05, 0.1) is 25.6 Å². The highest BCUT2D eigenvalue weighted by atomic mass is 16.2. The molecule has 1 aliphatic heterocycles. The number of benzene rings is 1. The quantitative estimate of drug-likeness (QED) is 0.779. The topological polar surface area (TPSA) is 64.4 Å². The van der Waals surface area contributed by atoms with Crippen LogP contribution >= 0.6 is 0 Å². The van der Waals surface area contributed by atoms with Gasteiger partial charge in [-0.2, -0.15) is 5.26 Å². The zero-order valence-corrected chi connectivity index (χ0v) is 11.7. The molecule has 0 radical (unpaired) electrons. The van der Waals surface area contributed by atoms with Crippen molar-refractivity contribution >= 4 is 17.5 Å². The second kappa shape index (κ2) is 5.74. The number of amides is 2. The molecule has 0 aliphatic carbocycles. The summed E-state index contributed by atoms with van der Waals surface area (Å²) in [5, 5.41) is 8.55. The monoisotopic (exact) mass is 271 g/mol. The molecule has 1 aromatic carbocycles. The fourth-order valence-corrected chi connectivity index (χ4v) is 2.43. The third kappa shape index (κ3) is 2.80. The van der Waals surface area contributed by atoms with Crippen LogP contribution in [-0.2, 0) is 9.59 Å². The van der Waals surface area contributed by atoms with E-state index < -0.39 is 0 Å². The maximum atomic E-state index is 12.0. The SMILES string of the molecule is Cc1ccc(N2CC(=O)N(CCC#N)C(=O)C2)c(C)c1. The van der Waals surface area contributed by atoms with Crippen molar-refractivity contribution < 1.29 is 9.59 Å². The summed E-state index contributed by atoms with van der Waals surface area (Å²) in [6, 6.07) is 7.90. The lowest BCUT2D eigenvalue weighted by Gasteiger charge is -2.34. The molecule has 1 fully saturated rings. The van der Waals surface area contributed by atoms with Crippen molar-refractivity contribution in [1.82, 2.24) is 4.90 Å².